The van der Waals surface area contributed by atoms with E-state index in [1.165, 1.54) is 0 Å². The molecule has 0 aliphatic carbocycles. The summed E-state index contributed by atoms with van der Waals surface area (Å²) in [7, 11) is 0. The lowest BCUT2D eigenvalue weighted by atomic mass is 10.0. The van der Waals surface area contributed by atoms with Crippen LogP contribution < -0.4 is 21.7 Å². The van der Waals surface area contributed by atoms with E-state index in [4.69, 9.17) is 15.9 Å². The SMILES string of the molecule is NCC(=O)N[C@@H](CCC(=O)O)C(=O)N[C@@H](CCC(=O)O)C(=O)N[C@H](C=O)Cc1c[nH]c2ccccc12. The van der Waals surface area contributed by atoms with Crippen molar-refractivity contribution in [2.24, 2.45) is 5.73 Å². The van der Waals surface area contributed by atoms with E-state index in [0.717, 1.165) is 16.5 Å². The predicted molar refractivity (Wildman–Crippen MR) is 127 cm³/mol. The topological polar surface area (TPSA) is 221 Å². The number of rotatable bonds is 15. The van der Waals surface area contributed by atoms with E-state index in [0.29, 0.717) is 6.29 Å². The van der Waals surface area contributed by atoms with Crippen molar-refractivity contribution in [3.63, 3.8) is 0 Å². The third kappa shape index (κ3) is 8.51. The number of nitrogens with two attached hydrogens (primary N) is 1. The predicted octanol–water partition coefficient (Wildman–Crippen LogP) is -0.948. The summed E-state index contributed by atoms with van der Waals surface area (Å²) in [5.41, 5.74) is 6.86. The number of carboxylic acid groups (broad SMARTS) is 2. The van der Waals surface area contributed by atoms with Gasteiger partial charge >= 0.3 is 11.9 Å². The first-order chi connectivity index (χ1) is 17.1. The van der Waals surface area contributed by atoms with Gasteiger partial charge in [-0.1, -0.05) is 18.2 Å². The van der Waals surface area contributed by atoms with Gasteiger partial charge in [0.05, 0.1) is 12.6 Å². The van der Waals surface area contributed by atoms with Crippen molar-refractivity contribution >= 4 is 46.8 Å². The molecule has 2 aromatic rings. The molecule has 2 rings (SSSR count). The molecule has 36 heavy (non-hydrogen) atoms. The van der Waals surface area contributed by atoms with Crippen LogP contribution in [0.3, 0.4) is 0 Å². The monoisotopic (exact) mass is 503 g/mol. The minimum absolute atomic E-state index is 0.145. The number of para-hydroxylation sites is 1. The van der Waals surface area contributed by atoms with Gasteiger partial charge in [-0.05, 0) is 24.5 Å². The zero-order valence-electron chi connectivity index (χ0n) is 19.4. The molecule has 0 aliphatic heterocycles. The lowest BCUT2D eigenvalue weighted by Gasteiger charge is -2.24. The Kier molecular flexibility index (Phi) is 10.6. The second-order valence-electron chi connectivity index (χ2n) is 8.07. The second kappa shape index (κ2) is 13.6. The van der Waals surface area contributed by atoms with E-state index in [9.17, 15) is 28.8 Å². The first-order valence-electron chi connectivity index (χ1n) is 11.2. The molecule has 1 aromatic carbocycles. The zero-order valence-corrected chi connectivity index (χ0v) is 19.4. The Morgan fingerprint density at radius 3 is 2.08 bits per heavy atom. The highest BCUT2D eigenvalue weighted by Gasteiger charge is 2.28. The fourth-order valence-electron chi connectivity index (χ4n) is 3.55. The van der Waals surface area contributed by atoms with Gasteiger partial charge in [0, 0.05) is 36.4 Å². The molecule has 0 saturated heterocycles. The molecule has 0 unspecified atom stereocenters. The van der Waals surface area contributed by atoms with Crippen LogP contribution in [0.1, 0.15) is 31.2 Å². The number of nitrogens with one attached hydrogen (secondary N) is 4. The van der Waals surface area contributed by atoms with Crippen LogP contribution in [0, 0.1) is 0 Å². The van der Waals surface area contributed by atoms with Crippen molar-refractivity contribution < 1.29 is 39.0 Å². The molecule has 0 radical (unpaired) electrons. The summed E-state index contributed by atoms with van der Waals surface area (Å²) >= 11 is 0. The number of benzene rings is 1. The third-order valence-corrected chi connectivity index (χ3v) is 5.37. The van der Waals surface area contributed by atoms with Crippen molar-refractivity contribution in [3.8, 4) is 0 Å². The number of hydrogen-bond acceptors (Lipinski definition) is 7. The summed E-state index contributed by atoms with van der Waals surface area (Å²) in [4.78, 5) is 74.1. The zero-order chi connectivity index (χ0) is 26.7. The van der Waals surface area contributed by atoms with Crippen molar-refractivity contribution in [3.05, 3.63) is 36.0 Å². The molecule has 1 heterocycles. The van der Waals surface area contributed by atoms with Crippen LogP contribution >= 0.6 is 0 Å². The molecule has 3 amide bonds. The number of aromatic amines is 1. The van der Waals surface area contributed by atoms with E-state index in [2.05, 4.69) is 20.9 Å². The van der Waals surface area contributed by atoms with Gasteiger partial charge in [-0.3, -0.25) is 24.0 Å². The molecule has 13 nitrogen and oxygen atoms in total. The minimum atomic E-state index is -1.36. The van der Waals surface area contributed by atoms with Gasteiger partial charge in [0.25, 0.3) is 0 Å². The van der Waals surface area contributed by atoms with E-state index in [-0.39, 0.29) is 19.3 Å². The maximum atomic E-state index is 12.9. The van der Waals surface area contributed by atoms with Crippen molar-refractivity contribution in [1.29, 1.82) is 0 Å². The number of H-pyrrole nitrogens is 1. The normalized spacial score (nSPS) is 13.2. The number of fused-ring (bicyclic) bond motifs is 1. The Bertz CT molecular complexity index is 1110. The van der Waals surface area contributed by atoms with Crippen LogP contribution in [-0.4, -0.2) is 75.8 Å². The molecule has 13 heteroatoms. The summed E-state index contributed by atoms with van der Waals surface area (Å²) in [6.07, 6.45) is 0.887. The number of aldehydes is 1. The first-order valence-corrected chi connectivity index (χ1v) is 11.2. The third-order valence-electron chi connectivity index (χ3n) is 5.37. The minimum Gasteiger partial charge on any atom is -0.481 e. The summed E-state index contributed by atoms with van der Waals surface area (Å²) in [5, 5.41) is 26.0. The summed E-state index contributed by atoms with van der Waals surface area (Å²) < 4.78 is 0. The molecule has 0 saturated carbocycles. The van der Waals surface area contributed by atoms with E-state index in [1.54, 1.807) is 6.20 Å². The summed E-state index contributed by atoms with van der Waals surface area (Å²) in [6, 6.07) is 3.74. The van der Waals surface area contributed by atoms with Crippen molar-refractivity contribution in [1.82, 2.24) is 20.9 Å². The Morgan fingerprint density at radius 2 is 1.50 bits per heavy atom. The van der Waals surface area contributed by atoms with Gasteiger partial charge < -0.3 is 41.7 Å². The number of aliphatic carboxylic acids is 2. The average Bonchev–Trinajstić information content (AvgIpc) is 3.25. The maximum Gasteiger partial charge on any atom is 0.303 e. The largest absolute Gasteiger partial charge is 0.481 e. The highest BCUT2D eigenvalue weighted by atomic mass is 16.4. The van der Waals surface area contributed by atoms with Crippen LogP contribution in [0.4, 0.5) is 0 Å². The lowest BCUT2D eigenvalue weighted by Crippen LogP contribution is -2.56. The van der Waals surface area contributed by atoms with E-state index < -0.39 is 67.2 Å². The Labute approximate surface area is 205 Å². The van der Waals surface area contributed by atoms with E-state index >= 15 is 0 Å². The molecule has 194 valence electrons. The molecular formula is C23H29N5O8. The molecule has 0 aliphatic rings. The Morgan fingerprint density at radius 1 is 0.917 bits per heavy atom. The molecule has 1 aromatic heterocycles. The van der Waals surface area contributed by atoms with Gasteiger partial charge in [0.2, 0.25) is 17.7 Å². The fourth-order valence-corrected chi connectivity index (χ4v) is 3.55. The molecule has 0 bridgehead atoms. The summed E-state index contributed by atoms with van der Waals surface area (Å²) in [6.45, 7) is -0.450. The first kappa shape index (κ1) is 28.0. The van der Waals surface area contributed by atoms with Gasteiger partial charge in [0.1, 0.15) is 18.4 Å². The molecule has 0 spiro atoms. The van der Waals surface area contributed by atoms with Crippen molar-refractivity contribution in [2.45, 2.75) is 50.2 Å². The van der Waals surface area contributed by atoms with Crippen molar-refractivity contribution in [2.75, 3.05) is 6.54 Å². The maximum absolute atomic E-state index is 12.9. The molecule has 8 N–H and O–H groups in total. The van der Waals surface area contributed by atoms with Crippen LogP contribution in [-0.2, 0) is 35.2 Å². The quantitative estimate of drug-likeness (QED) is 0.149. The highest BCUT2D eigenvalue weighted by molar-refractivity contribution is 5.93. The van der Waals surface area contributed by atoms with Crippen LogP contribution in [0.2, 0.25) is 0 Å². The Balaban J connectivity index is 2.14. The Hall–Kier alpha value is -4.26. The summed E-state index contributed by atoms with van der Waals surface area (Å²) in [5.74, 6) is -4.83. The van der Waals surface area contributed by atoms with Crippen LogP contribution in [0.15, 0.2) is 30.5 Å². The number of hydrogen-bond donors (Lipinski definition) is 7. The fraction of sp³-hybridized carbons (Fsp3) is 0.391. The number of carbonyl (C=O) groups is 6. The average molecular weight is 504 g/mol. The van der Waals surface area contributed by atoms with Crippen LogP contribution in [0.25, 0.3) is 10.9 Å². The number of amides is 3. The second-order valence-corrected chi connectivity index (χ2v) is 8.07. The van der Waals surface area contributed by atoms with E-state index in [1.807, 2.05) is 24.3 Å². The standard InChI is InChI=1S/C23H29N5O8/c24-10-19(30)27-17(5-7-20(31)32)23(36)28-18(6-8-21(33)34)22(35)26-14(12-29)9-13-11-25-16-4-2-1-3-15(13)16/h1-4,11-12,14,17-18,25H,5-10,24H2,(H,26,35)(H,27,30)(H,28,36)(H,31,32)(H,33,34)/t14-,17-,18-/m0/s1. The molecule has 3 atom stereocenters. The smallest absolute Gasteiger partial charge is 0.303 e. The number of carboxylic acids is 2. The number of carbonyl (C=O) groups excluding carboxylic acids is 4. The molecular weight excluding hydrogens is 474 g/mol. The van der Waals surface area contributed by atoms with Gasteiger partial charge in [-0.2, -0.15) is 0 Å². The van der Waals surface area contributed by atoms with Crippen LogP contribution in [0.5, 0.6) is 0 Å². The molecule has 0 fully saturated rings. The van der Waals surface area contributed by atoms with Gasteiger partial charge in [0.15, 0.2) is 0 Å². The van der Waals surface area contributed by atoms with Gasteiger partial charge in [-0.15, -0.1) is 0 Å². The number of aromatic nitrogens is 1. The highest BCUT2D eigenvalue weighted by Crippen LogP contribution is 2.19. The lowest BCUT2D eigenvalue weighted by molar-refractivity contribution is -0.139. The van der Waals surface area contributed by atoms with Gasteiger partial charge in [-0.25, -0.2) is 0 Å².